The Bertz CT molecular complexity index is 3190. The van der Waals surface area contributed by atoms with Crippen LogP contribution in [0.5, 0.6) is 0 Å². The molecule has 0 saturated heterocycles. The van der Waals surface area contributed by atoms with Gasteiger partial charge in [0.25, 0.3) is 0 Å². The first-order valence-electron chi connectivity index (χ1n) is 22.5. The van der Waals surface area contributed by atoms with E-state index in [9.17, 15) is 0 Å². The zero-order valence-corrected chi connectivity index (χ0v) is 36.4. The molecule has 2 heterocycles. The molecular formula is C58H53BN2. The molecule has 1 aliphatic carbocycles. The second-order valence-electron chi connectivity index (χ2n) is 19.2. The van der Waals surface area contributed by atoms with E-state index in [-0.39, 0.29) is 10.8 Å². The quantitative estimate of drug-likeness (QED) is 0.120. The zero-order valence-electron chi connectivity index (χ0n) is 36.4. The lowest BCUT2D eigenvalue weighted by Gasteiger charge is -2.27. The molecule has 3 heteroatoms. The van der Waals surface area contributed by atoms with Crippen molar-refractivity contribution in [1.29, 1.82) is 0 Å². The van der Waals surface area contributed by atoms with Crippen LogP contribution in [-0.4, -0.2) is 11.8 Å². The summed E-state index contributed by atoms with van der Waals surface area (Å²) in [5.41, 5.74) is 22.2. The molecule has 0 atom stereocenters. The number of aromatic nitrogens is 1. The Hall–Kier alpha value is -6.32. The monoisotopic (exact) mass is 788 g/mol. The minimum atomic E-state index is -0.0838. The maximum absolute atomic E-state index is 3.90. The normalized spacial score (nSPS) is 13.6. The second-order valence-corrected chi connectivity index (χ2v) is 19.2. The van der Waals surface area contributed by atoms with E-state index < -0.39 is 0 Å². The van der Waals surface area contributed by atoms with Gasteiger partial charge in [0.2, 0.25) is 0 Å². The van der Waals surface area contributed by atoms with Gasteiger partial charge in [-0.3, -0.25) is 0 Å². The molecule has 61 heavy (non-hydrogen) atoms. The lowest BCUT2D eigenvalue weighted by atomic mass is 9.58. The summed E-state index contributed by atoms with van der Waals surface area (Å²) in [6.07, 6.45) is 4.88. The largest absolute Gasteiger partial charge is 0.355 e. The summed E-state index contributed by atoms with van der Waals surface area (Å²) in [5, 5.41) is 9.13. The van der Waals surface area contributed by atoms with Crippen LogP contribution in [0.2, 0.25) is 0 Å². The number of hydrogen-bond donors (Lipinski definition) is 1. The molecule has 2 aliphatic rings. The average Bonchev–Trinajstić information content (AvgIpc) is 3.74. The molecule has 2 nitrogen and oxygen atoms in total. The van der Waals surface area contributed by atoms with E-state index >= 15 is 0 Å². The van der Waals surface area contributed by atoms with E-state index in [1.807, 2.05) is 0 Å². The highest BCUT2D eigenvalue weighted by Gasteiger charge is 2.38. The second kappa shape index (κ2) is 14.1. The Balaban J connectivity index is 1.21. The molecule has 0 spiro atoms. The van der Waals surface area contributed by atoms with Crippen molar-refractivity contribution in [1.82, 2.24) is 4.57 Å². The number of hydrogen-bond acceptors (Lipinski definition) is 1. The van der Waals surface area contributed by atoms with Crippen molar-refractivity contribution in [2.75, 3.05) is 5.32 Å². The number of para-hydroxylation sites is 1. The summed E-state index contributed by atoms with van der Waals surface area (Å²) in [6, 6.07) is 57.8. The molecule has 0 radical (unpaired) electrons. The smallest absolute Gasteiger partial charge is 0.198 e. The van der Waals surface area contributed by atoms with E-state index in [0.29, 0.717) is 0 Å². The van der Waals surface area contributed by atoms with Gasteiger partial charge in [0.05, 0.1) is 5.52 Å². The van der Waals surface area contributed by atoms with Gasteiger partial charge >= 0.3 is 0 Å². The predicted octanol–water partition coefficient (Wildman–Crippen LogP) is 14.1. The molecule has 1 aliphatic heterocycles. The Morgan fingerprint density at radius 1 is 0.623 bits per heavy atom. The number of fused-ring (bicyclic) bond motifs is 10. The van der Waals surface area contributed by atoms with Crippen LogP contribution in [0.4, 0.5) is 11.4 Å². The summed E-state index contributed by atoms with van der Waals surface area (Å²) >= 11 is 0. The highest BCUT2D eigenvalue weighted by molar-refractivity contribution is 6.74. The maximum Gasteiger partial charge on any atom is 0.198 e. The fraction of sp³-hybridized carbons (Fsp3) is 0.207. The third-order valence-electron chi connectivity index (χ3n) is 14.0. The van der Waals surface area contributed by atoms with E-state index in [1.54, 1.807) is 0 Å². The number of nitrogens with one attached hydrogen (secondary N) is 1. The van der Waals surface area contributed by atoms with Gasteiger partial charge < -0.3 is 9.88 Å². The Labute approximate surface area is 361 Å². The fourth-order valence-corrected chi connectivity index (χ4v) is 10.7. The molecule has 11 rings (SSSR count). The number of nitrogens with zero attached hydrogens (tertiary/aromatic N) is 1. The lowest BCUT2D eigenvalue weighted by Crippen LogP contribution is -2.38. The summed E-state index contributed by atoms with van der Waals surface area (Å²) in [4.78, 5) is 0. The predicted molar refractivity (Wildman–Crippen MR) is 265 cm³/mol. The van der Waals surface area contributed by atoms with Crippen LogP contribution in [0.1, 0.15) is 83.1 Å². The lowest BCUT2D eigenvalue weighted by molar-refractivity contribution is 0.590. The van der Waals surface area contributed by atoms with E-state index in [0.717, 1.165) is 25.1 Å². The number of rotatable bonds is 8. The molecule has 0 saturated carbocycles. The van der Waals surface area contributed by atoms with Crippen LogP contribution >= 0.6 is 0 Å². The van der Waals surface area contributed by atoms with E-state index in [2.05, 4.69) is 203 Å². The van der Waals surface area contributed by atoms with Crippen LogP contribution in [0.25, 0.3) is 71.6 Å². The minimum Gasteiger partial charge on any atom is -0.355 e. The Morgan fingerprint density at radius 3 is 2.15 bits per heavy atom. The van der Waals surface area contributed by atoms with Gasteiger partial charge in [0.15, 0.2) is 7.28 Å². The molecule has 0 bridgehead atoms. The van der Waals surface area contributed by atoms with Crippen molar-refractivity contribution >= 4 is 62.2 Å². The van der Waals surface area contributed by atoms with Crippen LogP contribution in [0.15, 0.2) is 152 Å². The van der Waals surface area contributed by atoms with Crippen molar-refractivity contribution in [3.8, 4) is 39.1 Å². The molecular weight excluding hydrogens is 735 g/mol. The van der Waals surface area contributed by atoms with Gasteiger partial charge in [-0.15, -0.1) is 0 Å². The topological polar surface area (TPSA) is 17.0 Å². The van der Waals surface area contributed by atoms with Gasteiger partial charge in [-0.2, -0.15) is 0 Å². The van der Waals surface area contributed by atoms with Crippen molar-refractivity contribution in [2.24, 2.45) is 0 Å². The third-order valence-corrected chi connectivity index (χ3v) is 14.0. The molecule has 8 aromatic carbocycles. The summed E-state index contributed by atoms with van der Waals surface area (Å²) in [6.45, 7) is 14.0. The summed E-state index contributed by atoms with van der Waals surface area (Å²) in [5.74, 6) is 0. The third kappa shape index (κ3) is 5.99. The van der Waals surface area contributed by atoms with Gasteiger partial charge in [-0.05, 0) is 121 Å². The number of unbranched alkanes of at least 4 members (excludes halogenated alkanes) is 2. The standard InChI is InChI=1S/C58H53BN2/c1-7-8-9-16-36-23-30-40(31-24-36)60-50-22-15-13-20-43(50)46-33-44(38-25-28-39(29-26-38)57(2,3)4)54-53-41-18-11-10-17-37(41)27-32-51(53)61-52-34-45-42-19-12-14-21-47(42)58(5,6)48(45)35-49(52)59-55(46)56(54)61/h10-15,17-35,59-60H,7-9,16H2,1-6H3. The van der Waals surface area contributed by atoms with Crippen molar-refractivity contribution < 1.29 is 0 Å². The van der Waals surface area contributed by atoms with Gasteiger partial charge in [-0.25, -0.2) is 0 Å². The average molecular weight is 789 g/mol. The van der Waals surface area contributed by atoms with Gasteiger partial charge in [0, 0.05) is 44.3 Å². The molecule has 0 fully saturated rings. The molecule has 9 aromatic rings. The number of anilines is 2. The van der Waals surface area contributed by atoms with Crippen LogP contribution in [0.3, 0.4) is 0 Å². The molecule has 1 N–H and O–H groups in total. The van der Waals surface area contributed by atoms with Crippen molar-refractivity contribution in [3.63, 3.8) is 0 Å². The number of benzene rings is 8. The zero-order chi connectivity index (χ0) is 41.6. The summed E-state index contributed by atoms with van der Waals surface area (Å²) in [7, 11) is 0.846. The van der Waals surface area contributed by atoms with Crippen molar-refractivity contribution in [2.45, 2.75) is 78.1 Å². The highest BCUT2D eigenvalue weighted by atomic mass is 15.0. The first-order chi connectivity index (χ1) is 29.6. The number of aryl methyl sites for hydroxylation is 1. The van der Waals surface area contributed by atoms with E-state index in [1.165, 1.54) is 124 Å². The summed E-state index contributed by atoms with van der Waals surface area (Å²) < 4.78 is 2.64. The van der Waals surface area contributed by atoms with Crippen LogP contribution in [-0.2, 0) is 17.3 Å². The van der Waals surface area contributed by atoms with Gasteiger partial charge in [-0.1, -0.05) is 175 Å². The van der Waals surface area contributed by atoms with Crippen molar-refractivity contribution in [3.05, 3.63) is 174 Å². The maximum atomic E-state index is 3.90. The minimum absolute atomic E-state index is 0.0609. The highest BCUT2D eigenvalue weighted by Crippen LogP contribution is 2.51. The Kier molecular flexibility index (Phi) is 8.73. The molecule has 0 amide bonds. The Morgan fingerprint density at radius 2 is 1.36 bits per heavy atom. The van der Waals surface area contributed by atoms with Crippen LogP contribution < -0.4 is 16.2 Å². The molecule has 0 unspecified atom stereocenters. The SMILES string of the molecule is CCCCCc1ccc(Nc2ccccc2-c2cc(-c3ccc(C(C)(C)C)cc3)c3c4c5ccccc5ccc4n4c3c2Bc2cc3c(cc2-4)-c2ccccc2C3(C)C)cc1. The fourth-order valence-electron chi connectivity index (χ4n) is 10.7. The first kappa shape index (κ1) is 37.7. The molecule has 298 valence electrons. The first-order valence-corrected chi connectivity index (χ1v) is 22.5. The van der Waals surface area contributed by atoms with Gasteiger partial charge in [0.1, 0.15) is 0 Å². The van der Waals surface area contributed by atoms with E-state index in [4.69, 9.17) is 0 Å². The van der Waals surface area contributed by atoms with Crippen LogP contribution in [0, 0.1) is 0 Å². The molecule has 1 aromatic heterocycles.